The molecule has 128 valence electrons. The number of hydrogen-bond acceptors (Lipinski definition) is 5. The molecule has 0 amide bonds. The summed E-state index contributed by atoms with van der Waals surface area (Å²) in [5, 5.41) is 24.5. The second-order valence-corrected chi connectivity index (χ2v) is 5.85. The normalized spacial score (nSPS) is 15.7. The molecule has 1 aromatic heterocycles. The highest BCUT2D eigenvalue weighted by molar-refractivity contribution is 5.63. The zero-order valence-electron chi connectivity index (χ0n) is 13.1. The van der Waals surface area contributed by atoms with Crippen LogP contribution in [0.4, 0.5) is 15.8 Å². The second kappa shape index (κ2) is 6.96. The highest BCUT2D eigenvalue weighted by atomic mass is 19.1. The second-order valence-electron chi connectivity index (χ2n) is 5.85. The van der Waals surface area contributed by atoms with Gasteiger partial charge in [0.15, 0.2) is 0 Å². The zero-order chi connectivity index (χ0) is 17.1. The topological polar surface area (TPSA) is 84.4 Å². The minimum Gasteiger partial charge on any atom is -0.394 e. The Morgan fingerprint density at radius 2 is 2.08 bits per heavy atom. The van der Waals surface area contributed by atoms with Crippen LogP contribution in [0.5, 0.6) is 0 Å². The van der Waals surface area contributed by atoms with E-state index >= 15 is 0 Å². The van der Waals surface area contributed by atoms with E-state index in [2.05, 4.69) is 5.10 Å². The Morgan fingerprint density at radius 3 is 2.75 bits per heavy atom. The molecule has 24 heavy (non-hydrogen) atoms. The van der Waals surface area contributed by atoms with Gasteiger partial charge in [0.25, 0.3) is 5.69 Å². The molecule has 0 spiro atoms. The lowest BCUT2D eigenvalue weighted by molar-refractivity contribution is -0.384. The molecule has 0 unspecified atom stereocenters. The summed E-state index contributed by atoms with van der Waals surface area (Å²) in [7, 11) is 0. The maximum absolute atomic E-state index is 13.3. The minimum absolute atomic E-state index is 0.0370. The van der Waals surface area contributed by atoms with E-state index in [9.17, 15) is 14.5 Å². The van der Waals surface area contributed by atoms with Gasteiger partial charge in [-0.1, -0.05) is 0 Å². The van der Waals surface area contributed by atoms with Crippen molar-refractivity contribution in [3.8, 4) is 0 Å². The maximum Gasteiger partial charge on any atom is 0.295 e. The van der Waals surface area contributed by atoms with Crippen molar-refractivity contribution in [3.63, 3.8) is 0 Å². The minimum atomic E-state index is -0.603. The van der Waals surface area contributed by atoms with Crippen molar-refractivity contribution in [1.29, 1.82) is 0 Å². The number of hydrogen-bond donors (Lipinski definition) is 1. The van der Waals surface area contributed by atoms with Crippen LogP contribution in [0.3, 0.4) is 0 Å². The first-order valence-electron chi connectivity index (χ1n) is 7.91. The Balaban J connectivity index is 1.74. The van der Waals surface area contributed by atoms with Crippen molar-refractivity contribution in [2.75, 3.05) is 24.6 Å². The van der Waals surface area contributed by atoms with Gasteiger partial charge in [-0.3, -0.25) is 14.8 Å². The first kappa shape index (κ1) is 16.4. The van der Waals surface area contributed by atoms with Crippen LogP contribution in [-0.2, 0) is 6.54 Å². The highest BCUT2D eigenvalue weighted by Crippen LogP contribution is 2.34. The average Bonchev–Trinajstić information content (AvgIpc) is 3.03. The van der Waals surface area contributed by atoms with E-state index in [4.69, 9.17) is 5.11 Å². The van der Waals surface area contributed by atoms with Crippen molar-refractivity contribution in [2.45, 2.75) is 25.3 Å². The van der Waals surface area contributed by atoms with Gasteiger partial charge in [0.1, 0.15) is 11.5 Å². The first-order chi connectivity index (χ1) is 11.6. The summed E-state index contributed by atoms with van der Waals surface area (Å²) in [6.07, 6.45) is 3.37. The van der Waals surface area contributed by atoms with Gasteiger partial charge in [0, 0.05) is 30.9 Å². The van der Waals surface area contributed by atoms with Crippen LogP contribution in [0.1, 0.15) is 24.5 Å². The number of nitro benzene ring substituents is 1. The molecule has 1 aliphatic heterocycles. The summed E-state index contributed by atoms with van der Waals surface area (Å²) in [4.78, 5) is 12.6. The Kier molecular flexibility index (Phi) is 4.75. The molecule has 1 fully saturated rings. The third kappa shape index (κ3) is 3.23. The molecule has 3 rings (SSSR count). The number of anilines is 1. The molecule has 1 aliphatic rings. The summed E-state index contributed by atoms with van der Waals surface area (Å²) >= 11 is 0. The van der Waals surface area contributed by atoms with Crippen molar-refractivity contribution < 1.29 is 14.4 Å². The predicted molar refractivity (Wildman–Crippen MR) is 86.6 cm³/mol. The van der Waals surface area contributed by atoms with Crippen LogP contribution < -0.4 is 4.90 Å². The van der Waals surface area contributed by atoms with Crippen LogP contribution in [0.2, 0.25) is 0 Å². The summed E-state index contributed by atoms with van der Waals surface area (Å²) in [6.45, 7) is 1.81. The van der Waals surface area contributed by atoms with Gasteiger partial charge < -0.3 is 10.0 Å². The summed E-state index contributed by atoms with van der Waals surface area (Å²) in [6, 6.07) is 5.66. The first-order valence-corrected chi connectivity index (χ1v) is 7.91. The molecule has 0 atom stereocenters. The van der Waals surface area contributed by atoms with Gasteiger partial charge in [0.05, 0.1) is 24.1 Å². The fourth-order valence-electron chi connectivity index (χ4n) is 3.30. The lowest BCUT2D eigenvalue weighted by Crippen LogP contribution is -2.34. The smallest absolute Gasteiger partial charge is 0.295 e. The third-order valence-electron chi connectivity index (χ3n) is 4.45. The quantitative estimate of drug-likeness (QED) is 0.670. The summed E-state index contributed by atoms with van der Waals surface area (Å²) in [5.74, 6) is -0.303. The van der Waals surface area contributed by atoms with E-state index in [-0.39, 0.29) is 12.3 Å². The SMILES string of the molecule is O=[N+]([O-])c1cc(F)ccc1N1CCC(c2ccnn2CCO)CC1. The van der Waals surface area contributed by atoms with Crippen LogP contribution in [0.15, 0.2) is 30.5 Å². The molecular formula is C16H19FN4O3. The third-order valence-corrected chi connectivity index (χ3v) is 4.45. The number of aromatic nitrogens is 2. The molecule has 1 N–H and O–H groups in total. The van der Waals surface area contributed by atoms with E-state index in [1.54, 1.807) is 10.9 Å². The number of benzene rings is 1. The van der Waals surface area contributed by atoms with Gasteiger partial charge in [-0.15, -0.1) is 0 Å². The number of halogens is 1. The predicted octanol–water partition coefficient (Wildman–Crippen LogP) is 2.31. The van der Waals surface area contributed by atoms with Crippen LogP contribution >= 0.6 is 0 Å². The number of rotatable bonds is 5. The molecular weight excluding hydrogens is 315 g/mol. The molecule has 0 bridgehead atoms. The Bertz CT molecular complexity index is 726. The molecule has 8 heteroatoms. The fourth-order valence-corrected chi connectivity index (χ4v) is 3.30. The molecule has 0 saturated carbocycles. The summed E-state index contributed by atoms with van der Waals surface area (Å²) in [5.41, 5.74) is 1.35. The van der Waals surface area contributed by atoms with E-state index in [0.717, 1.165) is 24.6 Å². The number of nitrogens with zero attached hydrogens (tertiary/aromatic N) is 4. The van der Waals surface area contributed by atoms with E-state index in [1.165, 1.54) is 12.1 Å². The molecule has 2 heterocycles. The Hall–Kier alpha value is -2.48. The van der Waals surface area contributed by atoms with Crippen LogP contribution in [0.25, 0.3) is 0 Å². The van der Waals surface area contributed by atoms with Gasteiger partial charge in [-0.05, 0) is 31.0 Å². The highest BCUT2D eigenvalue weighted by Gasteiger charge is 2.27. The lowest BCUT2D eigenvalue weighted by Gasteiger charge is -2.33. The monoisotopic (exact) mass is 334 g/mol. The fraction of sp³-hybridized carbons (Fsp3) is 0.438. The standard InChI is InChI=1S/C16H19FN4O3/c17-13-1-2-15(16(11-13)21(23)24)19-7-4-12(5-8-19)14-3-6-18-20(14)9-10-22/h1-3,6,11-12,22H,4-5,7-10H2. The average molecular weight is 334 g/mol. The van der Waals surface area contributed by atoms with Crippen molar-refractivity contribution >= 4 is 11.4 Å². The zero-order valence-corrected chi connectivity index (χ0v) is 13.1. The molecule has 0 aliphatic carbocycles. The lowest BCUT2D eigenvalue weighted by atomic mass is 9.93. The number of piperidine rings is 1. The molecule has 2 aromatic rings. The van der Waals surface area contributed by atoms with Gasteiger partial charge in [-0.25, -0.2) is 4.39 Å². The van der Waals surface area contributed by atoms with Crippen LogP contribution in [-0.4, -0.2) is 39.5 Å². The summed E-state index contributed by atoms with van der Waals surface area (Å²) < 4.78 is 15.1. The number of nitro groups is 1. The van der Waals surface area contributed by atoms with E-state index < -0.39 is 10.7 Å². The molecule has 1 saturated heterocycles. The van der Waals surface area contributed by atoms with Gasteiger partial charge in [0.2, 0.25) is 0 Å². The van der Waals surface area contributed by atoms with Crippen molar-refractivity contribution in [3.05, 3.63) is 52.1 Å². The largest absolute Gasteiger partial charge is 0.394 e. The van der Waals surface area contributed by atoms with Crippen LogP contribution in [0, 0.1) is 15.9 Å². The van der Waals surface area contributed by atoms with E-state index in [1.807, 2.05) is 11.0 Å². The molecule has 0 radical (unpaired) electrons. The number of aliphatic hydroxyl groups is 1. The van der Waals surface area contributed by atoms with E-state index in [0.29, 0.717) is 31.2 Å². The Morgan fingerprint density at radius 1 is 1.33 bits per heavy atom. The number of aliphatic hydroxyl groups excluding tert-OH is 1. The Labute approximate surface area is 138 Å². The van der Waals surface area contributed by atoms with Gasteiger partial charge >= 0.3 is 0 Å². The van der Waals surface area contributed by atoms with Gasteiger partial charge in [-0.2, -0.15) is 5.10 Å². The maximum atomic E-state index is 13.3. The molecule has 1 aromatic carbocycles. The van der Waals surface area contributed by atoms with Crippen molar-refractivity contribution in [2.24, 2.45) is 0 Å². The van der Waals surface area contributed by atoms with Crippen molar-refractivity contribution in [1.82, 2.24) is 9.78 Å². The molecule has 7 nitrogen and oxygen atoms in total.